The molecular formula is C20H26N4O4S2. The molecule has 1 N–H and O–H groups in total. The molecule has 0 spiro atoms. The molecule has 0 bridgehead atoms. The summed E-state index contributed by atoms with van der Waals surface area (Å²) in [5.41, 5.74) is 0.545. The van der Waals surface area contributed by atoms with E-state index < -0.39 is 10.0 Å². The van der Waals surface area contributed by atoms with Gasteiger partial charge in [0.2, 0.25) is 21.8 Å². The second kappa shape index (κ2) is 9.07. The molecule has 0 radical (unpaired) electrons. The second-order valence-electron chi connectivity index (χ2n) is 7.85. The van der Waals surface area contributed by atoms with Crippen LogP contribution in [0.2, 0.25) is 0 Å². The number of hydrogen-bond donors (Lipinski definition) is 1. The lowest BCUT2D eigenvalue weighted by Crippen LogP contribution is -2.38. The highest BCUT2D eigenvalue weighted by atomic mass is 32.2. The number of amides is 1. The number of rotatable bonds is 8. The largest absolute Gasteiger partial charge is 0.416 e. The molecule has 2 fully saturated rings. The number of hydrogen-bond acceptors (Lipinski definition) is 7. The Bertz CT molecular complexity index is 980. The molecule has 4 rings (SSSR count). The molecular weight excluding hydrogens is 424 g/mol. The Kier molecular flexibility index (Phi) is 6.45. The Morgan fingerprint density at radius 1 is 1.13 bits per heavy atom. The first-order chi connectivity index (χ1) is 14.4. The molecule has 2 aliphatic carbocycles. The zero-order chi connectivity index (χ0) is 21.1. The first kappa shape index (κ1) is 21.3. The average molecular weight is 451 g/mol. The van der Waals surface area contributed by atoms with Gasteiger partial charge in [0.15, 0.2) is 0 Å². The van der Waals surface area contributed by atoms with Crippen LogP contribution in [0.15, 0.2) is 38.8 Å². The summed E-state index contributed by atoms with van der Waals surface area (Å²) in [6, 6.07) is 6.36. The molecule has 1 heterocycles. The van der Waals surface area contributed by atoms with Crippen LogP contribution in [-0.2, 0) is 14.8 Å². The Labute approximate surface area is 180 Å². The summed E-state index contributed by atoms with van der Waals surface area (Å²) in [5, 5.41) is 11.1. The van der Waals surface area contributed by atoms with Crippen molar-refractivity contribution in [3.8, 4) is 0 Å². The van der Waals surface area contributed by atoms with Gasteiger partial charge in [0.25, 0.3) is 5.22 Å². The summed E-state index contributed by atoms with van der Waals surface area (Å²) < 4.78 is 32.8. The minimum atomic E-state index is -3.54. The van der Waals surface area contributed by atoms with Gasteiger partial charge in [-0.1, -0.05) is 31.0 Å². The molecule has 8 nitrogen and oxygen atoms in total. The number of sulfonamides is 1. The van der Waals surface area contributed by atoms with Crippen molar-refractivity contribution in [2.24, 2.45) is 0 Å². The molecule has 0 unspecified atom stereocenters. The van der Waals surface area contributed by atoms with Crippen LogP contribution in [0.3, 0.4) is 0 Å². The lowest BCUT2D eigenvalue weighted by atomic mass is 9.96. The maximum absolute atomic E-state index is 12.9. The topological polar surface area (TPSA) is 105 Å². The van der Waals surface area contributed by atoms with Crippen molar-refractivity contribution < 1.29 is 17.6 Å². The predicted octanol–water partition coefficient (Wildman–Crippen LogP) is 3.63. The second-order valence-corrected chi connectivity index (χ2v) is 10.8. The van der Waals surface area contributed by atoms with Gasteiger partial charge in [-0.25, -0.2) is 8.42 Å². The lowest BCUT2D eigenvalue weighted by Gasteiger charge is -2.30. The van der Waals surface area contributed by atoms with Gasteiger partial charge >= 0.3 is 0 Å². The van der Waals surface area contributed by atoms with E-state index in [1.54, 1.807) is 19.2 Å². The number of anilines is 1. The Morgan fingerprint density at radius 3 is 2.50 bits per heavy atom. The molecule has 1 aromatic carbocycles. The van der Waals surface area contributed by atoms with Gasteiger partial charge in [-0.15, -0.1) is 10.2 Å². The Balaban J connectivity index is 1.31. The predicted molar refractivity (Wildman–Crippen MR) is 114 cm³/mol. The summed E-state index contributed by atoms with van der Waals surface area (Å²) in [6.07, 6.45) is 7.28. The van der Waals surface area contributed by atoms with E-state index in [1.807, 2.05) is 0 Å². The van der Waals surface area contributed by atoms with E-state index in [-0.39, 0.29) is 22.6 Å². The van der Waals surface area contributed by atoms with Crippen molar-refractivity contribution in [1.29, 1.82) is 0 Å². The molecule has 2 saturated carbocycles. The molecule has 0 aliphatic heterocycles. The van der Waals surface area contributed by atoms with Crippen LogP contribution in [0.25, 0.3) is 0 Å². The van der Waals surface area contributed by atoms with Gasteiger partial charge in [-0.05, 0) is 49.9 Å². The van der Waals surface area contributed by atoms with Gasteiger partial charge in [0.05, 0.1) is 10.6 Å². The van der Waals surface area contributed by atoms with Gasteiger partial charge in [0, 0.05) is 24.7 Å². The van der Waals surface area contributed by atoms with Crippen LogP contribution in [0, 0.1) is 0 Å². The van der Waals surface area contributed by atoms with Gasteiger partial charge < -0.3 is 9.73 Å². The summed E-state index contributed by atoms with van der Waals surface area (Å²) in [5.74, 6) is 0.943. The molecule has 0 atom stereocenters. The van der Waals surface area contributed by atoms with E-state index in [9.17, 15) is 13.2 Å². The van der Waals surface area contributed by atoms with Crippen LogP contribution in [0.1, 0.15) is 56.8 Å². The summed E-state index contributed by atoms with van der Waals surface area (Å²) in [4.78, 5) is 12.4. The molecule has 162 valence electrons. The molecule has 2 aromatic rings. The van der Waals surface area contributed by atoms with Gasteiger partial charge in [-0.3, -0.25) is 4.79 Å². The third-order valence-electron chi connectivity index (χ3n) is 5.58. The third-order valence-corrected chi connectivity index (χ3v) is 8.32. The van der Waals surface area contributed by atoms with E-state index in [2.05, 4.69) is 15.5 Å². The fourth-order valence-corrected chi connectivity index (χ4v) is 5.60. The van der Waals surface area contributed by atoms with Crippen LogP contribution >= 0.6 is 11.8 Å². The van der Waals surface area contributed by atoms with E-state index in [0.29, 0.717) is 22.7 Å². The fraction of sp³-hybridized carbons (Fsp3) is 0.550. The number of nitrogens with one attached hydrogen (secondary N) is 1. The maximum atomic E-state index is 12.9. The highest BCUT2D eigenvalue weighted by Crippen LogP contribution is 2.39. The normalized spacial score (nSPS) is 17.9. The zero-order valence-electron chi connectivity index (χ0n) is 16.9. The fourth-order valence-electron chi connectivity index (χ4n) is 3.62. The van der Waals surface area contributed by atoms with Crippen molar-refractivity contribution in [1.82, 2.24) is 14.5 Å². The van der Waals surface area contributed by atoms with E-state index in [1.165, 1.54) is 34.6 Å². The van der Waals surface area contributed by atoms with E-state index >= 15 is 0 Å². The summed E-state index contributed by atoms with van der Waals surface area (Å²) >= 11 is 1.19. The molecule has 1 amide bonds. The standard InChI is InChI=1S/C20H26N4O4S2/c1-24(16-5-3-2-4-6-16)30(26,27)17-11-9-15(10-12-17)21-18(25)13-29-20-23-22-19(28-20)14-7-8-14/h9-12,14,16H,2-8,13H2,1H3,(H,21,25). The van der Waals surface area contributed by atoms with Crippen molar-refractivity contribution in [2.75, 3.05) is 18.1 Å². The molecule has 0 saturated heterocycles. The minimum Gasteiger partial charge on any atom is -0.416 e. The number of nitrogens with zero attached hydrogens (tertiary/aromatic N) is 3. The van der Waals surface area contributed by atoms with E-state index in [4.69, 9.17) is 4.42 Å². The number of benzene rings is 1. The number of aromatic nitrogens is 2. The van der Waals surface area contributed by atoms with Crippen LogP contribution in [0.4, 0.5) is 5.69 Å². The number of thioether (sulfide) groups is 1. The number of carbonyl (C=O) groups is 1. The van der Waals surface area contributed by atoms with Crippen molar-refractivity contribution in [3.05, 3.63) is 30.2 Å². The smallest absolute Gasteiger partial charge is 0.277 e. The highest BCUT2D eigenvalue weighted by Gasteiger charge is 2.30. The summed E-state index contributed by atoms with van der Waals surface area (Å²) in [7, 11) is -1.88. The summed E-state index contributed by atoms with van der Waals surface area (Å²) in [6.45, 7) is 0. The molecule has 30 heavy (non-hydrogen) atoms. The average Bonchev–Trinajstić information content (AvgIpc) is 3.50. The monoisotopic (exact) mass is 450 g/mol. The van der Waals surface area contributed by atoms with E-state index in [0.717, 1.165) is 38.5 Å². The number of carbonyl (C=O) groups excluding carboxylic acids is 1. The SMILES string of the molecule is CN(C1CCCCC1)S(=O)(=O)c1ccc(NC(=O)CSc2nnc(C3CC3)o2)cc1. The quantitative estimate of drug-likeness (QED) is 0.612. The zero-order valence-corrected chi connectivity index (χ0v) is 18.5. The van der Waals surface area contributed by atoms with Crippen LogP contribution < -0.4 is 5.32 Å². The first-order valence-corrected chi connectivity index (χ1v) is 12.7. The minimum absolute atomic E-state index is 0.0604. The van der Waals surface area contributed by atoms with Crippen molar-refractivity contribution in [3.63, 3.8) is 0 Å². The molecule has 2 aliphatic rings. The van der Waals surface area contributed by atoms with Crippen molar-refractivity contribution >= 4 is 33.4 Å². The van der Waals surface area contributed by atoms with Gasteiger partial charge in [-0.2, -0.15) is 4.31 Å². The molecule has 10 heteroatoms. The Morgan fingerprint density at radius 2 is 1.83 bits per heavy atom. The maximum Gasteiger partial charge on any atom is 0.277 e. The third kappa shape index (κ3) is 5.04. The van der Waals surface area contributed by atoms with Gasteiger partial charge in [0.1, 0.15) is 0 Å². The first-order valence-electron chi connectivity index (χ1n) is 10.3. The lowest BCUT2D eigenvalue weighted by molar-refractivity contribution is -0.113. The van der Waals surface area contributed by atoms with Crippen molar-refractivity contribution in [2.45, 2.75) is 67.0 Å². The van der Waals surface area contributed by atoms with Crippen LogP contribution in [0.5, 0.6) is 0 Å². The highest BCUT2D eigenvalue weighted by molar-refractivity contribution is 7.99. The molecule has 1 aromatic heterocycles. The Hall–Kier alpha value is -1.91. The van der Waals surface area contributed by atoms with Crippen LogP contribution in [-0.4, -0.2) is 47.7 Å².